The summed E-state index contributed by atoms with van der Waals surface area (Å²) in [7, 11) is 0. The molecule has 3 nitrogen and oxygen atoms in total. The van der Waals surface area contributed by atoms with E-state index in [9.17, 15) is 4.79 Å². The van der Waals surface area contributed by atoms with Crippen molar-refractivity contribution in [2.45, 2.75) is 51.0 Å². The highest BCUT2D eigenvalue weighted by atomic mass is 35.5. The third-order valence-corrected chi connectivity index (χ3v) is 6.74. The Kier molecular flexibility index (Phi) is 6.70. The second-order valence-corrected chi connectivity index (χ2v) is 8.22. The first-order valence-electron chi connectivity index (χ1n) is 8.35. The number of rotatable bonds is 3. The van der Waals surface area contributed by atoms with Gasteiger partial charge in [-0.2, -0.15) is 11.8 Å². The number of amides is 1. The van der Waals surface area contributed by atoms with E-state index >= 15 is 0 Å². The van der Waals surface area contributed by atoms with Gasteiger partial charge in [-0.1, -0.05) is 6.42 Å². The third kappa shape index (κ3) is 4.29. The van der Waals surface area contributed by atoms with Gasteiger partial charge in [-0.3, -0.25) is 4.79 Å². The lowest BCUT2D eigenvalue weighted by Gasteiger charge is -2.43. The minimum Gasteiger partial charge on any atom is -0.356 e. The summed E-state index contributed by atoms with van der Waals surface area (Å²) in [5, 5.41) is 3.24. The summed E-state index contributed by atoms with van der Waals surface area (Å²) in [4.78, 5) is 12.4. The van der Waals surface area contributed by atoms with E-state index in [0.717, 1.165) is 19.4 Å². The van der Waals surface area contributed by atoms with Crippen LogP contribution in [0.5, 0.6) is 0 Å². The molecule has 1 saturated heterocycles. The van der Waals surface area contributed by atoms with Gasteiger partial charge in [0.15, 0.2) is 0 Å². The molecule has 1 heterocycles. The topological polar surface area (TPSA) is 55.1 Å². The number of hydrogen-bond acceptors (Lipinski definition) is 3. The Morgan fingerprint density at radius 1 is 1.10 bits per heavy atom. The fourth-order valence-electron chi connectivity index (χ4n) is 4.34. The summed E-state index contributed by atoms with van der Waals surface area (Å²) < 4.78 is 0. The van der Waals surface area contributed by atoms with Crippen LogP contribution in [0.2, 0.25) is 0 Å². The normalized spacial score (nSPS) is 36.6. The molecule has 1 aliphatic heterocycles. The van der Waals surface area contributed by atoms with Crippen molar-refractivity contribution >= 4 is 30.1 Å². The third-order valence-electron chi connectivity index (χ3n) is 5.69. The maximum absolute atomic E-state index is 12.4. The second-order valence-electron chi connectivity index (χ2n) is 7.00. The number of halogens is 1. The summed E-state index contributed by atoms with van der Waals surface area (Å²) in [5.41, 5.74) is 6.30. The van der Waals surface area contributed by atoms with Gasteiger partial charge in [0.1, 0.15) is 0 Å². The quantitative estimate of drug-likeness (QED) is 0.835. The van der Waals surface area contributed by atoms with Crippen molar-refractivity contribution in [1.29, 1.82) is 0 Å². The lowest BCUT2D eigenvalue weighted by Crippen LogP contribution is -2.49. The fourth-order valence-corrected chi connectivity index (χ4v) is 5.55. The minimum absolute atomic E-state index is 0. The summed E-state index contributed by atoms with van der Waals surface area (Å²) in [6.45, 7) is 0.900. The molecule has 3 N–H and O–H groups in total. The molecule has 3 fully saturated rings. The number of carbonyl (C=O) groups is 1. The van der Waals surface area contributed by atoms with Gasteiger partial charge in [-0.25, -0.2) is 0 Å². The molecule has 21 heavy (non-hydrogen) atoms. The molecule has 0 aromatic carbocycles. The van der Waals surface area contributed by atoms with Crippen molar-refractivity contribution in [2.24, 2.45) is 29.4 Å². The SMILES string of the molecule is Cl.NC1C2CCCC1CC(C(=O)NCC1CCSCC1)C2. The predicted molar refractivity (Wildman–Crippen MR) is 91.8 cm³/mol. The van der Waals surface area contributed by atoms with Crippen LogP contribution >= 0.6 is 24.2 Å². The smallest absolute Gasteiger partial charge is 0.223 e. The second kappa shape index (κ2) is 8.07. The van der Waals surface area contributed by atoms with E-state index < -0.39 is 0 Å². The molecule has 2 saturated carbocycles. The number of nitrogens with two attached hydrogens (primary N) is 1. The molecule has 2 atom stereocenters. The van der Waals surface area contributed by atoms with E-state index in [0.29, 0.717) is 29.7 Å². The van der Waals surface area contributed by atoms with Crippen molar-refractivity contribution in [3.05, 3.63) is 0 Å². The van der Waals surface area contributed by atoms with Crippen LogP contribution in [0.1, 0.15) is 44.9 Å². The van der Waals surface area contributed by atoms with Crippen molar-refractivity contribution in [2.75, 3.05) is 18.1 Å². The van der Waals surface area contributed by atoms with Crippen molar-refractivity contribution in [3.63, 3.8) is 0 Å². The maximum atomic E-state index is 12.4. The number of carbonyl (C=O) groups excluding carboxylic acids is 1. The molecule has 3 aliphatic rings. The average Bonchev–Trinajstić information content (AvgIpc) is 2.45. The molecule has 0 aromatic heterocycles. The standard InChI is InChI=1S/C16H28N2OS.ClH/c17-15-12-2-1-3-13(15)9-14(8-12)16(19)18-10-11-4-6-20-7-5-11;/h11-15H,1-10,17H2,(H,18,19);1H. The summed E-state index contributed by atoms with van der Waals surface area (Å²) >= 11 is 2.05. The molecular formula is C16H29ClN2OS. The zero-order chi connectivity index (χ0) is 13.9. The van der Waals surface area contributed by atoms with Gasteiger partial charge in [0.05, 0.1) is 0 Å². The van der Waals surface area contributed by atoms with Gasteiger partial charge in [0.2, 0.25) is 5.91 Å². The van der Waals surface area contributed by atoms with Crippen LogP contribution < -0.4 is 11.1 Å². The van der Waals surface area contributed by atoms with E-state index in [1.165, 1.54) is 43.6 Å². The molecule has 0 aromatic rings. The molecule has 1 amide bonds. The van der Waals surface area contributed by atoms with Crippen molar-refractivity contribution in [1.82, 2.24) is 5.32 Å². The van der Waals surface area contributed by atoms with Crippen molar-refractivity contribution < 1.29 is 4.79 Å². The van der Waals surface area contributed by atoms with Crippen LogP contribution in [0.3, 0.4) is 0 Å². The largest absolute Gasteiger partial charge is 0.356 e. The molecule has 0 radical (unpaired) electrons. The molecule has 2 unspecified atom stereocenters. The summed E-state index contributed by atoms with van der Waals surface area (Å²) in [6, 6.07) is 0.364. The monoisotopic (exact) mass is 332 g/mol. The first-order valence-corrected chi connectivity index (χ1v) is 9.50. The Morgan fingerprint density at radius 3 is 2.33 bits per heavy atom. The fraction of sp³-hybridized carbons (Fsp3) is 0.938. The average molecular weight is 333 g/mol. The number of hydrogen-bond donors (Lipinski definition) is 2. The first kappa shape index (κ1) is 17.4. The van der Waals surface area contributed by atoms with E-state index in [1.807, 2.05) is 11.8 Å². The van der Waals surface area contributed by atoms with Gasteiger partial charge >= 0.3 is 0 Å². The highest BCUT2D eigenvalue weighted by Crippen LogP contribution is 2.41. The molecule has 5 heteroatoms. The maximum Gasteiger partial charge on any atom is 0.223 e. The molecular weight excluding hydrogens is 304 g/mol. The lowest BCUT2D eigenvalue weighted by molar-refractivity contribution is -0.128. The van der Waals surface area contributed by atoms with Gasteiger partial charge in [0, 0.05) is 18.5 Å². The Balaban J connectivity index is 0.00000161. The Bertz CT molecular complexity index is 335. The van der Waals surface area contributed by atoms with Crippen LogP contribution in [0, 0.1) is 23.7 Å². The zero-order valence-electron chi connectivity index (χ0n) is 12.8. The molecule has 3 rings (SSSR count). The van der Waals surface area contributed by atoms with Crippen LogP contribution in [0.4, 0.5) is 0 Å². The molecule has 2 bridgehead atoms. The molecule has 122 valence electrons. The van der Waals surface area contributed by atoms with Crippen LogP contribution in [0.25, 0.3) is 0 Å². The number of nitrogens with one attached hydrogen (secondary N) is 1. The first-order chi connectivity index (χ1) is 9.74. The van der Waals surface area contributed by atoms with Crippen LogP contribution in [-0.2, 0) is 4.79 Å². The van der Waals surface area contributed by atoms with E-state index in [-0.39, 0.29) is 18.3 Å². The van der Waals surface area contributed by atoms with E-state index in [2.05, 4.69) is 5.32 Å². The van der Waals surface area contributed by atoms with Gasteiger partial charge in [-0.15, -0.1) is 12.4 Å². The van der Waals surface area contributed by atoms with Crippen molar-refractivity contribution in [3.8, 4) is 0 Å². The number of thioether (sulfide) groups is 1. The summed E-state index contributed by atoms with van der Waals surface area (Å²) in [5.74, 6) is 5.00. The molecule has 0 spiro atoms. The number of fused-ring (bicyclic) bond motifs is 2. The van der Waals surface area contributed by atoms with E-state index in [1.54, 1.807) is 0 Å². The van der Waals surface area contributed by atoms with E-state index in [4.69, 9.17) is 5.73 Å². The van der Waals surface area contributed by atoms with Gasteiger partial charge < -0.3 is 11.1 Å². The summed E-state index contributed by atoms with van der Waals surface area (Å²) in [6.07, 6.45) is 8.39. The molecule has 2 aliphatic carbocycles. The van der Waals surface area contributed by atoms with Crippen LogP contribution in [-0.4, -0.2) is 30.0 Å². The Morgan fingerprint density at radius 2 is 1.71 bits per heavy atom. The minimum atomic E-state index is 0. The van der Waals surface area contributed by atoms with Gasteiger partial charge in [0.25, 0.3) is 0 Å². The lowest BCUT2D eigenvalue weighted by atomic mass is 9.65. The zero-order valence-corrected chi connectivity index (χ0v) is 14.4. The van der Waals surface area contributed by atoms with Crippen LogP contribution in [0.15, 0.2) is 0 Å². The predicted octanol–water partition coefficient (Wildman–Crippen LogP) is 2.82. The highest BCUT2D eigenvalue weighted by Gasteiger charge is 2.40. The Labute approximate surface area is 139 Å². The Hall–Kier alpha value is 0.0700. The highest BCUT2D eigenvalue weighted by molar-refractivity contribution is 7.99. The van der Waals surface area contributed by atoms with Gasteiger partial charge in [-0.05, 0) is 67.8 Å².